The highest BCUT2D eigenvalue weighted by molar-refractivity contribution is 8.04. The van der Waals surface area contributed by atoms with Crippen LogP contribution in [0.5, 0.6) is 5.75 Å². The molecule has 0 radical (unpaired) electrons. The molecule has 9 nitrogen and oxygen atoms in total. The van der Waals surface area contributed by atoms with E-state index in [1.807, 2.05) is 0 Å². The Labute approximate surface area is 278 Å². The van der Waals surface area contributed by atoms with Crippen molar-refractivity contribution in [3.63, 3.8) is 0 Å². The van der Waals surface area contributed by atoms with E-state index in [0.717, 1.165) is 50.5 Å². The SMILES string of the molecule is O=S(=O)(Oc1c(C2CCCCC2)cc(C2CCCCC2)cc1C1CCCCC1)C(F)(F)C(F)(F)C(F)(F)S(=O)(=O)N(O)S(=O)(=O)C(F)(F)F. The van der Waals surface area contributed by atoms with Gasteiger partial charge in [-0.2, -0.15) is 56.3 Å². The van der Waals surface area contributed by atoms with Gasteiger partial charge >= 0.3 is 52.1 Å². The van der Waals surface area contributed by atoms with E-state index in [9.17, 15) is 56.0 Å². The third-order valence-electron chi connectivity index (χ3n) is 9.60. The third kappa shape index (κ3) is 7.16. The van der Waals surface area contributed by atoms with Crippen LogP contribution in [0.2, 0.25) is 0 Å². The zero-order valence-electron chi connectivity index (χ0n) is 25.9. The van der Waals surface area contributed by atoms with Crippen LogP contribution in [-0.4, -0.2) is 56.3 Å². The van der Waals surface area contributed by atoms with E-state index in [1.54, 1.807) is 12.1 Å². The lowest BCUT2D eigenvalue weighted by atomic mass is 9.75. The molecule has 21 heteroatoms. The van der Waals surface area contributed by atoms with Gasteiger partial charge in [-0.05, 0) is 73.0 Å². The van der Waals surface area contributed by atoms with E-state index in [1.165, 1.54) is 0 Å². The zero-order chi connectivity index (χ0) is 36.8. The fourth-order valence-corrected chi connectivity index (χ4v) is 10.3. The molecule has 0 spiro atoms. The standard InChI is InChI=1S/C28H36F9NO8S3/c29-25(30,26(31,32)47(40,41)38(39)48(42,43)28(35,36)37)27(33,34)49(44,45)46-24-22(19-12-6-2-7-13-19)16-21(18-10-4-1-5-11-18)17-23(24)20-14-8-3-9-15-20/h16-20,39H,1-15H2. The second-order valence-electron chi connectivity index (χ2n) is 12.8. The van der Waals surface area contributed by atoms with Gasteiger partial charge in [0, 0.05) is 3.87 Å². The van der Waals surface area contributed by atoms with Gasteiger partial charge in [0.2, 0.25) is 0 Å². The quantitative estimate of drug-likeness (QED) is 0.135. The molecule has 0 aliphatic heterocycles. The second kappa shape index (κ2) is 13.9. The van der Waals surface area contributed by atoms with Gasteiger partial charge in [-0.15, -0.1) is 0 Å². The number of alkyl halides is 9. The predicted octanol–water partition coefficient (Wildman–Crippen LogP) is 8.23. The second-order valence-corrected chi connectivity index (χ2v) is 18.2. The van der Waals surface area contributed by atoms with Crippen LogP contribution >= 0.6 is 0 Å². The molecule has 3 aliphatic rings. The Morgan fingerprint density at radius 1 is 0.571 bits per heavy atom. The minimum atomic E-state index is -8.32. The van der Waals surface area contributed by atoms with Crippen molar-refractivity contribution < 1.29 is 74.2 Å². The molecule has 4 rings (SSSR count). The average Bonchev–Trinajstić information content (AvgIpc) is 3.04. The summed E-state index contributed by atoms with van der Waals surface area (Å²) in [5, 5.41) is -5.86. The third-order valence-corrected chi connectivity index (χ3v) is 14.4. The lowest BCUT2D eigenvalue weighted by molar-refractivity contribution is -0.247. The van der Waals surface area contributed by atoms with Crippen LogP contribution in [0.15, 0.2) is 12.1 Å². The Kier molecular flexibility index (Phi) is 11.4. The molecule has 49 heavy (non-hydrogen) atoms. The van der Waals surface area contributed by atoms with Crippen molar-refractivity contribution in [2.45, 2.75) is 136 Å². The van der Waals surface area contributed by atoms with Gasteiger partial charge in [0.15, 0.2) is 0 Å². The van der Waals surface area contributed by atoms with Crippen molar-refractivity contribution in [1.82, 2.24) is 3.87 Å². The van der Waals surface area contributed by atoms with Crippen LogP contribution in [0, 0.1) is 0 Å². The summed E-state index contributed by atoms with van der Waals surface area (Å²) in [4.78, 5) is 0. The van der Waals surface area contributed by atoms with Gasteiger partial charge in [-0.25, -0.2) is 8.42 Å². The van der Waals surface area contributed by atoms with Crippen LogP contribution in [0.4, 0.5) is 39.5 Å². The summed E-state index contributed by atoms with van der Waals surface area (Å²) in [6.07, 6.45) is 9.96. The molecule has 0 unspecified atom stereocenters. The minimum absolute atomic E-state index is 0.00633. The minimum Gasteiger partial charge on any atom is -0.377 e. The number of sulfonamides is 2. The van der Waals surface area contributed by atoms with Crippen molar-refractivity contribution in [2.24, 2.45) is 0 Å². The molecule has 0 bridgehead atoms. The number of hydrogen-bond donors (Lipinski definition) is 1. The number of nitrogens with zero attached hydrogens (tertiary/aromatic N) is 1. The Hall–Kier alpha value is -1.84. The van der Waals surface area contributed by atoms with E-state index in [-0.39, 0.29) is 17.0 Å². The van der Waals surface area contributed by atoms with E-state index in [4.69, 9.17) is 9.39 Å². The molecule has 282 valence electrons. The summed E-state index contributed by atoms with van der Waals surface area (Å²) >= 11 is 0. The maximum absolute atomic E-state index is 15.3. The van der Waals surface area contributed by atoms with Crippen LogP contribution < -0.4 is 4.18 Å². The van der Waals surface area contributed by atoms with Gasteiger partial charge < -0.3 is 4.18 Å². The van der Waals surface area contributed by atoms with Crippen LogP contribution in [0.1, 0.15) is 131 Å². The molecule has 0 amide bonds. The van der Waals surface area contributed by atoms with Gasteiger partial charge in [0.05, 0.1) is 0 Å². The van der Waals surface area contributed by atoms with Crippen LogP contribution in [-0.2, 0) is 30.2 Å². The van der Waals surface area contributed by atoms with Crippen molar-refractivity contribution in [3.8, 4) is 5.75 Å². The number of hydrogen-bond acceptors (Lipinski definition) is 8. The highest BCUT2D eigenvalue weighted by Crippen LogP contribution is 2.54. The van der Waals surface area contributed by atoms with Crippen LogP contribution in [0.25, 0.3) is 0 Å². The van der Waals surface area contributed by atoms with Gasteiger partial charge in [0.25, 0.3) is 0 Å². The number of benzene rings is 1. The molecule has 1 N–H and O–H groups in total. The molecule has 3 fully saturated rings. The first-order valence-electron chi connectivity index (χ1n) is 15.7. The summed E-state index contributed by atoms with van der Waals surface area (Å²) in [5.74, 6) is -9.54. The topological polar surface area (TPSA) is 135 Å². The van der Waals surface area contributed by atoms with Crippen molar-refractivity contribution >= 4 is 30.2 Å². The average molecular weight is 782 g/mol. The summed E-state index contributed by atoms with van der Waals surface area (Å²) < 4.78 is 202. The summed E-state index contributed by atoms with van der Waals surface area (Å²) in [6, 6.07) is 3.09. The Balaban J connectivity index is 1.85. The summed E-state index contributed by atoms with van der Waals surface area (Å²) in [7, 11) is -23.5. The molecule has 0 saturated heterocycles. The summed E-state index contributed by atoms with van der Waals surface area (Å²) in [6.45, 7) is 0. The molecule has 3 aliphatic carbocycles. The Bertz CT molecular complexity index is 1640. The Morgan fingerprint density at radius 3 is 1.31 bits per heavy atom. The molecular formula is C28H36F9NO8S3. The van der Waals surface area contributed by atoms with Gasteiger partial charge in [0.1, 0.15) is 5.75 Å². The van der Waals surface area contributed by atoms with Crippen LogP contribution in [0.3, 0.4) is 0 Å². The van der Waals surface area contributed by atoms with Crippen molar-refractivity contribution in [3.05, 3.63) is 28.8 Å². The zero-order valence-corrected chi connectivity index (χ0v) is 28.3. The van der Waals surface area contributed by atoms with E-state index < -0.39 is 73.6 Å². The fourth-order valence-electron chi connectivity index (χ4n) is 6.87. The lowest BCUT2D eigenvalue weighted by Gasteiger charge is -2.34. The molecule has 1 aromatic rings. The normalized spacial score (nSPS) is 20.9. The first-order valence-corrected chi connectivity index (χ1v) is 20.0. The van der Waals surface area contributed by atoms with E-state index in [2.05, 4.69) is 0 Å². The van der Waals surface area contributed by atoms with Gasteiger partial charge in [-0.3, -0.25) is 5.21 Å². The summed E-state index contributed by atoms with van der Waals surface area (Å²) in [5.41, 5.74) is -6.01. The van der Waals surface area contributed by atoms with E-state index in [0.29, 0.717) is 51.4 Å². The van der Waals surface area contributed by atoms with Gasteiger partial charge in [-0.1, -0.05) is 69.9 Å². The predicted molar refractivity (Wildman–Crippen MR) is 156 cm³/mol. The lowest BCUT2D eigenvalue weighted by Crippen LogP contribution is -2.64. The highest BCUT2D eigenvalue weighted by Gasteiger charge is 2.85. The first kappa shape index (κ1) is 39.9. The van der Waals surface area contributed by atoms with Crippen molar-refractivity contribution in [2.75, 3.05) is 0 Å². The molecule has 0 atom stereocenters. The first-order chi connectivity index (χ1) is 22.4. The van der Waals surface area contributed by atoms with Crippen molar-refractivity contribution in [1.29, 1.82) is 0 Å². The number of rotatable bonds is 11. The molecule has 3 saturated carbocycles. The monoisotopic (exact) mass is 781 g/mol. The number of halogens is 9. The largest absolute Gasteiger partial charge is 0.514 e. The molecule has 1 aromatic carbocycles. The molecule has 0 heterocycles. The van der Waals surface area contributed by atoms with E-state index >= 15 is 8.78 Å². The highest BCUT2D eigenvalue weighted by atomic mass is 32.3. The fraction of sp³-hybridized carbons (Fsp3) is 0.786. The smallest absolute Gasteiger partial charge is 0.377 e. The maximum atomic E-state index is 15.3. The molecule has 0 aromatic heterocycles. The molecular weight excluding hydrogens is 745 g/mol. The maximum Gasteiger partial charge on any atom is 0.514 e. The Morgan fingerprint density at radius 2 is 0.939 bits per heavy atom.